The summed E-state index contributed by atoms with van der Waals surface area (Å²) in [6.45, 7) is 4.69. The van der Waals surface area contributed by atoms with Crippen molar-refractivity contribution in [3.8, 4) is 11.3 Å². The Hall–Kier alpha value is -2.30. The molecule has 1 saturated carbocycles. The van der Waals surface area contributed by atoms with Gasteiger partial charge in [0, 0.05) is 44.6 Å². The first-order valence-corrected chi connectivity index (χ1v) is 13.1. The van der Waals surface area contributed by atoms with Crippen LogP contribution in [0.3, 0.4) is 0 Å². The van der Waals surface area contributed by atoms with Gasteiger partial charge in [-0.05, 0) is 68.1 Å². The Labute approximate surface area is 199 Å². The van der Waals surface area contributed by atoms with Crippen molar-refractivity contribution in [2.24, 2.45) is 11.8 Å². The summed E-state index contributed by atoms with van der Waals surface area (Å²) in [7, 11) is -2.52. The molecule has 1 N–H and O–H groups in total. The van der Waals surface area contributed by atoms with Gasteiger partial charge in [0.25, 0.3) is 5.92 Å². The number of likely N-dealkylation sites (tertiary alicyclic amines) is 1. The van der Waals surface area contributed by atoms with E-state index in [1.807, 2.05) is 13.0 Å². The average Bonchev–Trinajstić information content (AvgIpc) is 3.38. The first-order chi connectivity index (χ1) is 16.1. The third-order valence-corrected chi connectivity index (χ3v) is 9.11. The minimum Gasteiger partial charge on any atom is -0.396 e. The lowest BCUT2D eigenvalue weighted by Crippen LogP contribution is -2.37. The number of aromatic nitrogens is 1. The van der Waals surface area contributed by atoms with E-state index in [1.54, 1.807) is 12.1 Å². The van der Waals surface area contributed by atoms with Crippen LogP contribution in [0.15, 0.2) is 30.3 Å². The van der Waals surface area contributed by atoms with Gasteiger partial charge in [0.2, 0.25) is 0 Å². The summed E-state index contributed by atoms with van der Waals surface area (Å²) in [5.74, 6) is -3.10. The van der Waals surface area contributed by atoms with E-state index in [1.165, 1.54) is 7.05 Å². The molecule has 34 heavy (non-hydrogen) atoms. The summed E-state index contributed by atoms with van der Waals surface area (Å²) < 4.78 is 54.9. The molecule has 184 valence electrons. The number of rotatable bonds is 6. The smallest absolute Gasteiger partial charge is 0.327 e. The second kappa shape index (κ2) is 8.42. The summed E-state index contributed by atoms with van der Waals surface area (Å²) in [4.78, 5) is 7.04. The van der Waals surface area contributed by atoms with Crippen LogP contribution in [0.5, 0.6) is 0 Å². The second-order valence-corrected chi connectivity index (χ2v) is 11.6. The number of pyridine rings is 1. The highest BCUT2D eigenvalue weighted by molar-refractivity contribution is 7.94. The number of hydrogen-bond donors (Lipinski definition) is 1. The quantitative estimate of drug-likeness (QED) is 0.669. The van der Waals surface area contributed by atoms with Gasteiger partial charge in [-0.15, -0.1) is 0 Å². The molecule has 3 aliphatic rings. The number of benzene rings is 1. The molecule has 1 atom stereocenters. The molecule has 0 amide bonds. The monoisotopic (exact) mass is 492 g/mol. The fraction of sp³-hybridized carbons (Fsp3) is 0.542. The number of hydrogen-bond acceptors (Lipinski definition) is 5. The van der Waals surface area contributed by atoms with Gasteiger partial charge >= 0.3 is 10.2 Å². The average molecular weight is 493 g/mol. The van der Waals surface area contributed by atoms with Crippen LogP contribution in [0, 0.1) is 18.8 Å². The van der Waals surface area contributed by atoms with Gasteiger partial charge in [0.1, 0.15) is 0 Å². The lowest BCUT2D eigenvalue weighted by molar-refractivity contribution is 0.101. The van der Waals surface area contributed by atoms with E-state index in [0.29, 0.717) is 17.3 Å². The number of halogens is 2. The third-order valence-electron chi connectivity index (χ3n) is 7.34. The van der Waals surface area contributed by atoms with Gasteiger partial charge in [0.05, 0.1) is 11.4 Å². The van der Waals surface area contributed by atoms with Gasteiger partial charge in [-0.1, -0.05) is 12.1 Å². The largest absolute Gasteiger partial charge is 0.396 e. The molecule has 2 aromatic rings. The topological polar surface area (TPSA) is 77.0 Å². The molecule has 0 bridgehead atoms. The van der Waals surface area contributed by atoms with Crippen LogP contribution in [0.2, 0.25) is 0 Å². The lowest BCUT2D eigenvalue weighted by Gasteiger charge is -2.31. The van der Waals surface area contributed by atoms with Crippen LogP contribution in [-0.2, 0) is 16.8 Å². The predicted octanol–water partition coefficient (Wildman–Crippen LogP) is 3.42. The molecule has 2 fully saturated rings. The number of piperidine rings is 1. The van der Waals surface area contributed by atoms with Crippen LogP contribution >= 0.6 is 0 Å². The van der Waals surface area contributed by atoms with Crippen LogP contribution in [-0.4, -0.2) is 62.6 Å². The Morgan fingerprint density at radius 1 is 1.18 bits per heavy atom. The van der Waals surface area contributed by atoms with Crippen LogP contribution in [0.25, 0.3) is 11.3 Å². The highest BCUT2D eigenvalue weighted by atomic mass is 32.2. The summed E-state index contributed by atoms with van der Waals surface area (Å²) >= 11 is 0. The van der Waals surface area contributed by atoms with Gasteiger partial charge in [-0.25, -0.2) is 22.4 Å². The lowest BCUT2D eigenvalue weighted by atomic mass is 9.96. The molecule has 1 aromatic heterocycles. The van der Waals surface area contributed by atoms with Crippen LogP contribution in [0.4, 0.5) is 20.3 Å². The van der Waals surface area contributed by atoms with Crippen molar-refractivity contribution >= 4 is 21.7 Å². The maximum Gasteiger partial charge on any atom is 0.327 e. The fourth-order valence-electron chi connectivity index (χ4n) is 4.89. The molecule has 1 aromatic carbocycles. The third kappa shape index (κ3) is 4.16. The van der Waals surface area contributed by atoms with E-state index in [-0.39, 0.29) is 25.4 Å². The summed E-state index contributed by atoms with van der Waals surface area (Å²) in [6.07, 6.45) is 1.70. The molecule has 1 unspecified atom stereocenters. The number of anilines is 2. The zero-order valence-corrected chi connectivity index (χ0v) is 20.2. The Morgan fingerprint density at radius 3 is 2.53 bits per heavy atom. The Balaban J connectivity index is 1.40. The number of aliphatic hydroxyl groups excluding tert-OH is 1. The summed E-state index contributed by atoms with van der Waals surface area (Å²) in [6, 6.07) is 9.67. The van der Waals surface area contributed by atoms with Gasteiger partial charge < -0.3 is 5.11 Å². The Kier molecular flexibility index (Phi) is 5.81. The number of aliphatic hydroxyl groups is 1. The molecule has 2 aliphatic heterocycles. The predicted molar refractivity (Wildman–Crippen MR) is 127 cm³/mol. The minimum absolute atomic E-state index is 0.241. The summed E-state index contributed by atoms with van der Waals surface area (Å²) in [5, 5.41) is 9.36. The van der Waals surface area contributed by atoms with E-state index in [0.717, 1.165) is 57.8 Å². The van der Waals surface area contributed by atoms with E-state index >= 15 is 0 Å². The molecule has 10 heteroatoms. The molecule has 1 aliphatic carbocycles. The van der Waals surface area contributed by atoms with Crippen LogP contribution < -0.4 is 8.61 Å². The zero-order chi connectivity index (χ0) is 24.3. The van der Waals surface area contributed by atoms with Crippen molar-refractivity contribution in [1.29, 1.82) is 0 Å². The highest BCUT2D eigenvalue weighted by Crippen LogP contribution is 2.51. The van der Waals surface area contributed by atoms with Crippen LogP contribution in [0.1, 0.15) is 30.4 Å². The van der Waals surface area contributed by atoms with Crippen molar-refractivity contribution in [3.05, 3.63) is 41.5 Å². The van der Waals surface area contributed by atoms with Gasteiger partial charge in [0.15, 0.2) is 5.82 Å². The van der Waals surface area contributed by atoms with Crippen molar-refractivity contribution in [1.82, 2.24) is 9.88 Å². The first-order valence-electron chi connectivity index (χ1n) is 11.7. The van der Waals surface area contributed by atoms with Gasteiger partial charge in [-0.3, -0.25) is 4.90 Å². The molecule has 1 saturated heterocycles. The molecule has 7 nitrogen and oxygen atoms in total. The fourth-order valence-corrected chi connectivity index (χ4v) is 6.30. The van der Waals surface area contributed by atoms with E-state index in [9.17, 15) is 22.3 Å². The Morgan fingerprint density at radius 2 is 1.88 bits per heavy atom. The molecule has 5 rings (SSSR count). The maximum absolute atomic E-state index is 13.5. The molecule has 3 heterocycles. The highest BCUT2D eigenvalue weighted by Gasteiger charge is 2.59. The van der Waals surface area contributed by atoms with Crippen molar-refractivity contribution in [2.75, 3.05) is 41.9 Å². The molecular formula is C24H30F2N4O3S. The van der Waals surface area contributed by atoms with Gasteiger partial charge in [-0.2, -0.15) is 8.42 Å². The van der Waals surface area contributed by atoms with E-state index in [2.05, 4.69) is 22.0 Å². The minimum atomic E-state index is -3.93. The van der Waals surface area contributed by atoms with E-state index in [4.69, 9.17) is 0 Å². The second-order valence-electron chi connectivity index (χ2n) is 9.76. The normalized spacial score (nSPS) is 23.9. The number of fused-ring (bicyclic) bond motifs is 1. The number of nitrogens with zero attached hydrogens (tertiary/aromatic N) is 4. The summed E-state index contributed by atoms with van der Waals surface area (Å²) in [5.41, 5.74) is 4.08. The molecule has 0 radical (unpaired) electrons. The molecule has 0 spiro atoms. The number of alkyl halides is 2. The standard InChI is InChI=1S/C24H30F2N4O3S/c1-16-3-4-18(13-29-9-7-17(15-31)8-10-29)11-20(16)21-5-6-22-23(27-21)28(2)34(32,33)30(22)14-19-12-24(19,25)26/h3-6,11,17,19,31H,7-10,12-15H2,1-2H3. The SMILES string of the molecule is Cc1ccc(CN2CCC(CO)CC2)cc1-c1ccc2c(n1)N(C)S(=O)(=O)N2CC1CC1(F)F. The first kappa shape index (κ1) is 23.4. The zero-order valence-electron chi connectivity index (χ0n) is 19.4. The maximum atomic E-state index is 13.5. The van der Waals surface area contributed by atoms with Crippen molar-refractivity contribution in [3.63, 3.8) is 0 Å². The van der Waals surface area contributed by atoms with Crippen molar-refractivity contribution in [2.45, 2.75) is 38.7 Å². The molecular weight excluding hydrogens is 462 g/mol. The van der Waals surface area contributed by atoms with Crippen molar-refractivity contribution < 1.29 is 22.3 Å². The van der Waals surface area contributed by atoms with E-state index < -0.39 is 22.0 Å². The Bertz CT molecular complexity index is 1200. The number of aryl methyl sites for hydroxylation is 1.